The zero-order valence-electron chi connectivity index (χ0n) is 11.5. The number of alkyl halides is 3. The van der Waals surface area contributed by atoms with Gasteiger partial charge in [-0.1, -0.05) is 0 Å². The first-order chi connectivity index (χ1) is 9.55. The van der Waals surface area contributed by atoms with Gasteiger partial charge in [0.05, 0.1) is 13.5 Å². The highest BCUT2D eigenvalue weighted by atomic mass is 19.4. The van der Waals surface area contributed by atoms with Crippen molar-refractivity contribution in [2.75, 3.05) is 7.11 Å². The first kappa shape index (κ1) is 19.0. The molecule has 0 aliphatic heterocycles. The van der Waals surface area contributed by atoms with Gasteiger partial charge in [-0.15, -0.1) is 0 Å². The lowest BCUT2D eigenvalue weighted by Gasteiger charge is -2.19. The molecule has 0 saturated carbocycles. The zero-order chi connectivity index (χ0) is 16.6. The predicted octanol–water partition coefficient (Wildman–Crippen LogP) is 1.03. The highest BCUT2D eigenvalue weighted by molar-refractivity contribution is 5.83. The van der Waals surface area contributed by atoms with Crippen molar-refractivity contribution in [3.63, 3.8) is 0 Å². The van der Waals surface area contributed by atoms with Crippen molar-refractivity contribution in [1.29, 1.82) is 0 Å². The topological polar surface area (TPSA) is 105 Å². The molecule has 2 amide bonds. The molecule has 122 valence electrons. The van der Waals surface area contributed by atoms with Gasteiger partial charge in [0.2, 0.25) is 0 Å². The summed E-state index contributed by atoms with van der Waals surface area (Å²) >= 11 is 0. The van der Waals surface area contributed by atoms with Crippen LogP contribution in [0.5, 0.6) is 0 Å². The van der Waals surface area contributed by atoms with Gasteiger partial charge >= 0.3 is 24.1 Å². The van der Waals surface area contributed by atoms with Gasteiger partial charge in [0.15, 0.2) is 0 Å². The molecule has 0 spiro atoms. The van der Waals surface area contributed by atoms with E-state index >= 15 is 0 Å². The Kier molecular flexibility index (Phi) is 7.53. The minimum atomic E-state index is -4.44. The van der Waals surface area contributed by atoms with Crippen molar-refractivity contribution >= 4 is 18.0 Å². The lowest BCUT2D eigenvalue weighted by atomic mass is 10.1. The van der Waals surface area contributed by atoms with Gasteiger partial charge in [-0.25, -0.2) is 9.59 Å². The number of hydrogen-bond donors (Lipinski definition) is 3. The number of carboxylic acids is 1. The molecule has 2 atom stereocenters. The molecule has 0 aromatic heterocycles. The van der Waals surface area contributed by atoms with Gasteiger partial charge in [0, 0.05) is 12.5 Å². The van der Waals surface area contributed by atoms with Crippen LogP contribution in [0.4, 0.5) is 18.0 Å². The maximum absolute atomic E-state index is 12.1. The predicted molar refractivity (Wildman–Crippen MR) is 64.5 cm³/mol. The van der Waals surface area contributed by atoms with Gasteiger partial charge in [-0.3, -0.25) is 4.79 Å². The molecule has 0 fully saturated rings. The molecular formula is C11H17F3N2O5. The Labute approximate surface area is 118 Å². The van der Waals surface area contributed by atoms with E-state index in [0.717, 1.165) is 14.0 Å². The first-order valence-electron chi connectivity index (χ1n) is 5.98. The number of amides is 2. The minimum absolute atomic E-state index is 0.233. The van der Waals surface area contributed by atoms with E-state index in [1.54, 1.807) is 0 Å². The SMILES string of the molecule is COC(=O)CC[C@@H](NC(=O)NC(C)CC(F)(F)F)C(=O)O. The van der Waals surface area contributed by atoms with Gasteiger partial charge in [0.25, 0.3) is 0 Å². The van der Waals surface area contributed by atoms with E-state index in [1.807, 2.05) is 10.6 Å². The highest BCUT2D eigenvalue weighted by Gasteiger charge is 2.31. The fourth-order valence-corrected chi connectivity index (χ4v) is 1.44. The number of hydrogen-bond acceptors (Lipinski definition) is 4. The maximum atomic E-state index is 12.1. The Bertz CT molecular complexity index is 387. The second-order valence-corrected chi connectivity index (χ2v) is 4.34. The molecule has 0 aliphatic rings. The number of ether oxygens (including phenoxy) is 1. The molecule has 0 aromatic carbocycles. The average Bonchev–Trinajstić information content (AvgIpc) is 2.30. The van der Waals surface area contributed by atoms with E-state index in [0.29, 0.717) is 0 Å². The summed E-state index contributed by atoms with van der Waals surface area (Å²) in [6.45, 7) is 1.14. The third kappa shape index (κ3) is 9.52. The van der Waals surface area contributed by atoms with Crippen LogP contribution in [0, 0.1) is 0 Å². The molecule has 0 bridgehead atoms. The molecule has 21 heavy (non-hydrogen) atoms. The molecule has 1 unspecified atom stereocenters. The van der Waals surface area contributed by atoms with Crippen molar-refractivity contribution < 1.29 is 37.4 Å². The van der Waals surface area contributed by atoms with Crippen LogP contribution in [0.15, 0.2) is 0 Å². The lowest BCUT2D eigenvalue weighted by Crippen LogP contribution is -2.49. The van der Waals surface area contributed by atoms with E-state index in [4.69, 9.17) is 5.11 Å². The van der Waals surface area contributed by atoms with Gasteiger partial charge in [-0.2, -0.15) is 13.2 Å². The van der Waals surface area contributed by atoms with Gasteiger partial charge < -0.3 is 20.5 Å². The van der Waals surface area contributed by atoms with E-state index in [9.17, 15) is 27.6 Å². The summed E-state index contributed by atoms with van der Waals surface area (Å²) in [7, 11) is 1.12. The van der Waals surface area contributed by atoms with Crippen LogP contribution in [0.3, 0.4) is 0 Å². The Balaban J connectivity index is 4.35. The van der Waals surface area contributed by atoms with Crippen LogP contribution in [0.25, 0.3) is 0 Å². The maximum Gasteiger partial charge on any atom is 0.391 e. The number of rotatable bonds is 7. The summed E-state index contributed by atoms with van der Waals surface area (Å²) < 4.78 is 40.6. The number of aliphatic carboxylic acids is 1. The van der Waals surface area contributed by atoms with Crippen LogP contribution in [0.2, 0.25) is 0 Å². The number of nitrogens with one attached hydrogen (secondary N) is 2. The standard InChI is InChI=1S/C11H17F3N2O5/c1-6(5-11(12,13)14)15-10(20)16-7(9(18)19)3-4-8(17)21-2/h6-7H,3-5H2,1-2H3,(H,18,19)(H2,15,16,20)/t6?,7-/m1/s1. The summed E-state index contributed by atoms with van der Waals surface area (Å²) in [5.41, 5.74) is 0. The van der Waals surface area contributed by atoms with Crippen LogP contribution in [-0.2, 0) is 14.3 Å². The highest BCUT2D eigenvalue weighted by Crippen LogP contribution is 2.21. The molecule has 3 N–H and O–H groups in total. The van der Waals surface area contributed by atoms with E-state index in [2.05, 4.69) is 4.74 Å². The van der Waals surface area contributed by atoms with Crippen LogP contribution >= 0.6 is 0 Å². The number of carboxylic acid groups (broad SMARTS) is 1. The molecule has 0 radical (unpaired) electrons. The van der Waals surface area contributed by atoms with E-state index in [1.165, 1.54) is 0 Å². The molecule has 0 heterocycles. The number of esters is 1. The quantitative estimate of drug-likeness (QED) is 0.609. The number of carbonyl (C=O) groups is 3. The second-order valence-electron chi connectivity index (χ2n) is 4.34. The van der Waals surface area contributed by atoms with Crippen molar-refractivity contribution in [2.45, 2.75) is 44.4 Å². The number of halogens is 3. The second kappa shape index (κ2) is 8.32. The summed E-state index contributed by atoms with van der Waals surface area (Å²) in [4.78, 5) is 33.2. The molecular weight excluding hydrogens is 297 g/mol. The van der Waals surface area contributed by atoms with E-state index in [-0.39, 0.29) is 12.8 Å². The van der Waals surface area contributed by atoms with Crippen molar-refractivity contribution in [1.82, 2.24) is 10.6 Å². The molecule has 0 aliphatic carbocycles. The number of urea groups is 1. The molecule has 7 nitrogen and oxygen atoms in total. The normalized spacial score (nSPS) is 14.0. The Morgan fingerprint density at radius 1 is 1.24 bits per heavy atom. The fourth-order valence-electron chi connectivity index (χ4n) is 1.44. The van der Waals surface area contributed by atoms with Crippen molar-refractivity contribution in [3.05, 3.63) is 0 Å². The number of carbonyl (C=O) groups excluding carboxylic acids is 2. The van der Waals surface area contributed by atoms with Gasteiger partial charge in [-0.05, 0) is 13.3 Å². The van der Waals surface area contributed by atoms with Crippen molar-refractivity contribution in [2.24, 2.45) is 0 Å². The van der Waals surface area contributed by atoms with Crippen molar-refractivity contribution in [3.8, 4) is 0 Å². The summed E-state index contributed by atoms with van der Waals surface area (Å²) in [5.74, 6) is -2.06. The molecule has 0 rings (SSSR count). The van der Waals surface area contributed by atoms with E-state index < -0.39 is 42.7 Å². The molecule has 10 heteroatoms. The Morgan fingerprint density at radius 2 is 1.81 bits per heavy atom. The Hall–Kier alpha value is -2.00. The number of methoxy groups -OCH3 is 1. The first-order valence-corrected chi connectivity index (χ1v) is 5.98. The molecule has 0 aromatic rings. The van der Waals surface area contributed by atoms with Crippen LogP contribution < -0.4 is 10.6 Å². The fraction of sp³-hybridized carbons (Fsp3) is 0.727. The van der Waals surface area contributed by atoms with Crippen LogP contribution in [-0.4, -0.2) is 48.4 Å². The minimum Gasteiger partial charge on any atom is -0.480 e. The largest absolute Gasteiger partial charge is 0.480 e. The zero-order valence-corrected chi connectivity index (χ0v) is 11.5. The average molecular weight is 314 g/mol. The third-order valence-corrected chi connectivity index (χ3v) is 2.38. The van der Waals surface area contributed by atoms with Crippen LogP contribution in [0.1, 0.15) is 26.2 Å². The smallest absolute Gasteiger partial charge is 0.391 e. The molecule has 0 saturated heterocycles. The summed E-state index contributed by atoms with van der Waals surface area (Å²) in [6, 6.07) is -3.66. The lowest BCUT2D eigenvalue weighted by molar-refractivity contribution is -0.143. The summed E-state index contributed by atoms with van der Waals surface area (Å²) in [5, 5.41) is 12.8. The Morgan fingerprint density at radius 3 is 2.24 bits per heavy atom. The summed E-state index contributed by atoms with van der Waals surface area (Å²) in [6.07, 6.45) is -6.15. The monoisotopic (exact) mass is 314 g/mol. The third-order valence-electron chi connectivity index (χ3n) is 2.38. The van der Waals surface area contributed by atoms with Gasteiger partial charge in [0.1, 0.15) is 6.04 Å².